The minimum atomic E-state index is 0.482. The third-order valence-electron chi connectivity index (χ3n) is 4.44. The van der Waals surface area contributed by atoms with Gasteiger partial charge in [0.05, 0.1) is 17.6 Å². The Morgan fingerprint density at radius 2 is 1.63 bits per heavy atom. The number of benzene rings is 2. The van der Waals surface area contributed by atoms with Gasteiger partial charge in [-0.15, -0.1) is 0 Å². The Kier molecular flexibility index (Phi) is 4.42. The molecular weight excluding hydrogens is 334 g/mol. The molecule has 0 radical (unpaired) electrons. The summed E-state index contributed by atoms with van der Waals surface area (Å²) >= 11 is 0. The molecule has 0 fully saturated rings. The molecule has 4 rings (SSSR count). The van der Waals surface area contributed by atoms with Crippen LogP contribution < -0.4 is 4.90 Å². The number of aromatic nitrogens is 1. The van der Waals surface area contributed by atoms with E-state index in [1.807, 2.05) is 84.7 Å². The maximum absolute atomic E-state index is 9.90. The first kappa shape index (κ1) is 16.6. The van der Waals surface area contributed by atoms with Gasteiger partial charge in [0.15, 0.2) is 5.76 Å². The number of furan rings is 1. The summed E-state index contributed by atoms with van der Waals surface area (Å²) in [5.41, 5.74) is 4.57. The van der Waals surface area contributed by atoms with Gasteiger partial charge in [-0.2, -0.15) is 5.26 Å². The van der Waals surface area contributed by atoms with Gasteiger partial charge in [0.1, 0.15) is 17.3 Å². The van der Waals surface area contributed by atoms with Gasteiger partial charge in [0.25, 0.3) is 0 Å². The van der Waals surface area contributed by atoms with Crippen LogP contribution in [-0.2, 0) is 0 Å². The molecule has 2 aromatic carbocycles. The Balaban J connectivity index is 1.96. The zero-order valence-corrected chi connectivity index (χ0v) is 14.8. The lowest BCUT2D eigenvalue weighted by Gasteiger charge is -2.22. The number of hydrogen-bond donors (Lipinski definition) is 0. The Morgan fingerprint density at radius 1 is 0.926 bits per heavy atom. The fraction of sp³-hybridized carbons (Fsp3) is 0.0435. The maximum atomic E-state index is 9.90. The molecule has 0 aliphatic carbocycles. The van der Waals surface area contributed by atoms with Gasteiger partial charge in [-0.05, 0) is 30.3 Å². The van der Waals surface area contributed by atoms with Crippen molar-refractivity contribution in [3.63, 3.8) is 0 Å². The van der Waals surface area contributed by atoms with Gasteiger partial charge in [0.2, 0.25) is 0 Å². The number of hydrogen-bond acceptors (Lipinski definition) is 4. The Bertz CT molecular complexity index is 1080. The molecule has 0 atom stereocenters. The number of nitrogens with zero attached hydrogens (tertiary/aromatic N) is 3. The van der Waals surface area contributed by atoms with Crippen LogP contribution in [0.25, 0.3) is 22.7 Å². The molecule has 0 unspecified atom stereocenters. The Hall–Kier alpha value is -3.84. The first-order valence-corrected chi connectivity index (χ1v) is 8.61. The van der Waals surface area contributed by atoms with Crippen molar-refractivity contribution in [2.75, 3.05) is 11.9 Å². The van der Waals surface area contributed by atoms with E-state index in [2.05, 4.69) is 6.07 Å². The summed E-state index contributed by atoms with van der Waals surface area (Å²) in [6.07, 6.45) is 1.59. The smallest absolute Gasteiger partial charge is 0.153 e. The lowest BCUT2D eigenvalue weighted by molar-refractivity contribution is 0.580. The first-order valence-electron chi connectivity index (χ1n) is 8.61. The summed E-state index contributed by atoms with van der Waals surface area (Å²) in [5.74, 6) is 0.576. The van der Waals surface area contributed by atoms with Crippen LogP contribution >= 0.6 is 0 Å². The van der Waals surface area contributed by atoms with E-state index in [0.717, 1.165) is 22.6 Å². The highest BCUT2D eigenvalue weighted by Crippen LogP contribution is 2.36. The van der Waals surface area contributed by atoms with Crippen LogP contribution in [0.15, 0.2) is 89.5 Å². The number of rotatable bonds is 4. The van der Waals surface area contributed by atoms with Gasteiger partial charge in [-0.3, -0.25) is 0 Å². The molecule has 0 saturated heterocycles. The van der Waals surface area contributed by atoms with Crippen LogP contribution in [-0.4, -0.2) is 12.0 Å². The second-order valence-electron chi connectivity index (χ2n) is 6.10. The standard InChI is InChI=1S/C23H17N3O/c1-26(18-11-6-3-7-12-18)21-15-20(17-9-4-2-5-10-17)25-23(19(21)16-24)22-13-8-14-27-22/h2-15H,1H3. The molecule has 0 aliphatic heterocycles. The van der Waals surface area contributed by atoms with E-state index in [-0.39, 0.29) is 0 Å². The van der Waals surface area contributed by atoms with E-state index < -0.39 is 0 Å². The lowest BCUT2D eigenvalue weighted by Crippen LogP contribution is -2.12. The molecule has 0 saturated carbocycles. The van der Waals surface area contributed by atoms with Crippen LogP contribution in [0.1, 0.15) is 5.56 Å². The minimum Gasteiger partial charge on any atom is -0.463 e. The predicted octanol–water partition coefficient (Wildman–Crippen LogP) is 5.65. The van der Waals surface area contributed by atoms with Crippen molar-refractivity contribution in [2.45, 2.75) is 0 Å². The minimum absolute atomic E-state index is 0.482. The Morgan fingerprint density at radius 3 is 2.26 bits per heavy atom. The largest absolute Gasteiger partial charge is 0.463 e. The molecule has 130 valence electrons. The van der Waals surface area contributed by atoms with E-state index in [4.69, 9.17) is 9.40 Å². The first-order chi connectivity index (χ1) is 13.3. The summed E-state index contributed by atoms with van der Waals surface area (Å²) in [7, 11) is 1.95. The fourth-order valence-electron chi connectivity index (χ4n) is 3.05. The summed E-state index contributed by atoms with van der Waals surface area (Å²) in [6.45, 7) is 0. The molecule has 0 aliphatic rings. The molecule has 4 aromatic rings. The van der Waals surface area contributed by atoms with E-state index >= 15 is 0 Å². The van der Waals surface area contributed by atoms with Crippen LogP contribution in [0, 0.1) is 11.3 Å². The molecule has 4 heteroatoms. The number of para-hydroxylation sites is 1. The highest BCUT2D eigenvalue weighted by atomic mass is 16.3. The second kappa shape index (κ2) is 7.19. The molecule has 0 N–H and O–H groups in total. The van der Waals surface area contributed by atoms with Crippen molar-refractivity contribution in [3.8, 4) is 28.8 Å². The van der Waals surface area contributed by atoms with E-state index in [1.165, 1.54) is 0 Å². The van der Waals surface area contributed by atoms with Gasteiger partial charge in [0, 0.05) is 18.3 Å². The maximum Gasteiger partial charge on any atom is 0.153 e. The predicted molar refractivity (Wildman–Crippen MR) is 107 cm³/mol. The van der Waals surface area contributed by atoms with Gasteiger partial charge in [-0.1, -0.05) is 48.5 Å². The summed E-state index contributed by atoms with van der Waals surface area (Å²) in [4.78, 5) is 6.75. The average Bonchev–Trinajstić information content (AvgIpc) is 3.28. The van der Waals surface area contributed by atoms with E-state index in [1.54, 1.807) is 12.3 Å². The van der Waals surface area contributed by atoms with Crippen molar-refractivity contribution in [2.24, 2.45) is 0 Å². The van der Waals surface area contributed by atoms with Crippen LogP contribution in [0.5, 0.6) is 0 Å². The zero-order chi connectivity index (χ0) is 18.6. The highest BCUT2D eigenvalue weighted by molar-refractivity contribution is 5.81. The fourth-order valence-corrected chi connectivity index (χ4v) is 3.05. The van der Waals surface area contributed by atoms with Crippen LogP contribution in [0.2, 0.25) is 0 Å². The number of nitriles is 1. The SMILES string of the molecule is CN(c1ccccc1)c1cc(-c2ccccc2)nc(-c2ccco2)c1C#N. The molecule has 0 bridgehead atoms. The molecule has 2 aromatic heterocycles. The molecule has 4 nitrogen and oxygen atoms in total. The van der Waals surface area contributed by atoms with Gasteiger partial charge < -0.3 is 9.32 Å². The number of pyridine rings is 1. The Labute approximate surface area is 157 Å². The molecule has 0 amide bonds. The van der Waals surface area contributed by atoms with E-state index in [0.29, 0.717) is 17.0 Å². The van der Waals surface area contributed by atoms with Crippen molar-refractivity contribution in [1.29, 1.82) is 5.26 Å². The normalized spacial score (nSPS) is 10.4. The third-order valence-corrected chi connectivity index (χ3v) is 4.44. The summed E-state index contributed by atoms with van der Waals surface area (Å²) in [5, 5.41) is 9.90. The molecule has 27 heavy (non-hydrogen) atoms. The summed E-state index contributed by atoms with van der Waals surface area (Å²) < 4.78 is 5.56. The lowest BCUT2D eigenvalue weighted by atomic mass is 10.0. The van der Waals surface area contributed by atoms with Crippen LogP contribution in [0.4, 0.5) is 11.4 Å². The van der Waals surface area contributed by atoms with Crippen LogP contribution in [0.3, 0.4) is 0 Å². The van der Waals surface area contributed by atoms with Gasteiger partial charge in [-0.25, -0.2) is 4.98 Å². The highest BCUT2D eigenvalue weighted by Gasteiger charge is 2.20. The molecule has 2 heterocycles. The number of anilines is 2. The quantitative estimate of drug-likeness (QED) is 0.477. The molecule has 0 spiro atoms. The average molecular weight is 351 g/mol. The van der Waals surface area contributed by atoms with Crippen molar-refractivity contribution >= 4 is 11.4 Å². The topological polar surface area (TPSA) is 53.1 Å². The van der Waals surface area contributed by atoms with Crippen molar-refractivity contribution in [3.05, 3.63) is 90.7 Å². The van der Waals surface area contributed by atoms with Crippen molar-refractivity contribution in [1.82, 2.24) is 4.98 Å². The monoisotopic (exact) mass is 351 g/mol. The summed E-state index contributed by atoms with van der Waals surface area (Å²) in [6, 6.07) is 27.8. The second-order valence-corrected chi connectivity index (χ2v) is 6.10. The van der Waals surface area contributed by atoms with Crippen molar-refractivity contribution < 1.29 is 4.42 Å². The zero-order valence-electron chi connectivity index (χ0n) is 14.8. The third kappa shape index (κ3) is 3.19. The molecular formula is C23H17N3O. The van der Waals surface area contributed by atoms with Gasteiger partial charge >= 0.3 is 0 Å². The van der Waals surface area contributed by atoms with E-state index in [9.17, 15) is 5.26 Å².